The predicted octanol–water partition coefficient (Wildman–Crippen LogP) is 1.60. The molecular formula is C14H18O5. The number of ether oxygens (including phenoxy) is 4. The first-order valence-corrected chi connectivity index (χ1v) is 6.41. The highest BCUT2D eigenvalue weighted by Gasteiger charge is 2.35. The standard InChI is InChI=1S/C14H18O5/c1-16-10-5-8(14(15)12-7-19-12)6-11(17-2)13(10)9-3-4-18-9/h5-6,9,12,14-15H,3-4,7H2,1-2H3. The van der Waals surface area contributed by atoms with E-state index in [9.17, 15) is 5.11 Å². The summed E-state index contributed by atoms with van der Waals surface area (Å²) < 4.78 is 21.5. The Morgan fingerprint density at radius 1 is 1.21 bits per heavy atom. The molecule has 3 atom stereocenters. The Kier molecular flexibility index (Phi) is 3.35. The van der Waals surface area contributed by atoms with Crippen LogP contribution in [0.5, 0.6) is 11.5 Å². The van der Waals surface area contributed by atoms with Crippen LogP contribution in [0.3, 0.4) is 0 Å². The molecule has 0 spiro atoms. The van der Waals surface area contributed by atoms with Gasteiger partial charge in [-0.05, 0) is 17.7 Å². The van der Waals surface area contributed by atoms with Crippen LogP contribution in [0.15, 0.2) is 12.1 Å². The Bertz CT molecular complexity index is 440. The van der Waals surface area contributed by atoms with Gasteiger partial charge < -0.3 is 24.1 Å². The van der Waals surface area contributed by atoms with E-state index >= 15 is 0 Å². The average molecular weight is 266 g/mol. The van der Waals surface area contributed by atoms with Gasteiger partial charge in [0, 0.05) is 6.42 Å². The Balaban J connectivity index is 1.99. The molecule has 1 aromatic carbocycles. The van der Waals surface area contributed by atoms with Crippen LogP contribution >= 0.6 is 0 Å². The van der Waals surface area contributed by atoms with Crippen LogP contribution in [0.1, 0.15) is 29.8 Å². The number of hydrogen-bond donors (Lipinski definition) is 1. The molecule has 2 saturated heterocycles. The number of aliphatic hydroxyl groups is 1. The summed E-state index contributed by atoms with van der Waals surface area (Å²) in [7, 11) is 3.22. The first-order chi connectivity index (χ1) is 9.24. The van der Waals surface area contributed by atoms with E-state index in [0.29, 0.717) is 18.1 Å². The van der Waals surface area contributed by atoms with E-state index in [1.165, 1.54) is 0 Å². The maximum absolute atomic E-state index is 10.1. The summed E-state index contributed by atoms with van der Waals surface area (Å²) in [4.78, 5) is 0. The second-order valence-electron chi connectivity index (χ2n) is 4.80. The molecule has 5 nitrogen and oxygen atoms in total. The highest BCUT2D eigenvalue weighted by atomic mass is 16.6. The van der Waals surface area contributed by atoms with Crippen LogP contribution in [0.2, 0.25) is 0 Å². The molecule has 5 heteroatoms. The van der Waals surface area contributed by atoms with Crippen molar-refractivity contribution >= 4 is 0 Å². The minimum Gasteiger partial charge on any atom is -0.496 e. The summed E-state index contributed by atoms with van der Waals surface area (Å²) in [6.07, 6.45) is 0.230. The van der Waals surface area contributed by atoms with Gasteiger partial charge in [0.25, 0.3) is 0 Å². The fourth-order valence-electron chi connectivity index (χ4n) is 2.36. The van der Waals surface area contributed by atoms with E-state index in [1.807, 2.05) is 12.1 Å². The lowest BCUT2D eigenvalue weighted by atomic mass is 9.96. The SMILES string of the molecule is COc1cc(C(O)C2CO2)cc(OC)c1C1CCO1. The summed E-state index contributed by atoms with van der Waals surface area (Å²) >= 11 is 0. The molecule has 2 aliphatic heterocycles. The van der Waals surface area contributed by atoms with Crippen LogP contribution in [-0.2, 0) is 9.47 Å². The average Bonchev–Trinajstić information content (AvgIpc) is 3.20. The van der Waals surface area contributed by atoms with E-state index in [1.54, 1.807) is 14.2 Å². The molecule has 2 heterocycles. The third-order valence-electron chi connectivity index (χ3n) is 3.64. The van der Waals surface area contributed by atoms with Gasteiger partial charge in [0.15, 0.2) is 0 Å². The molecule has 0 radical (unpaired) electrons. The van der Waals surface area contributed by atoms with Gasteiger partial charge in [0.1, 0.15) is 23.7 Å². The number of benzene rings is 1. The zero-order valence-electron chi connectivity index (χ0n) is 11.1. The first kappa shape index (κ1) is 12.7. The minimum atomic E-state index is -0.640. The normalized spacial score (nSPS) is 26.5. The van der Waals surface area contributed by atoms with Gasteiger partial charge >= 0.3 is 0 Å². The third kappa shape index (κ3) is 2.29. The predicted molar refractivity (Wildman–Crippen MR) is 67.6 cm³/mol. The van der Waals surface area contributed by atoms with Gasteiger partial charge in [-0.2, -0.15) is 0 Å². The molecule has 0 bridgehead atoms. The molecule has 0 saturated carbocycles. The zero-order valence-corrected chi connectivity index (χ0v) is 11.1. The van der Waals surface area contributed by atoms with Crippen molar-refractivity contribution in [3.05, 3.63) is 23.3 Å². The number of epoxide rings is 1. The Hall–Kier alpha value is -1.30. The molecule has 3 unspecified atom stereocenters. The van der Waals surface area contributed by atoms with Crippen LogP contribution in [0.4, 0.5) is 0 Å². The fraction of sp³-hybridized carbons (Fsp3) is 0.571. The van der Waals surface area contributed by atoms with Crippen LogP contribution in [0.25, 0.3) is 0 Å². The van der Waals surface area contributed by atoms with Crippen LogP contribution < -0.4 is 9.47 Å². The van der Waals surface area contributed by atoms with Crippen molar-refractivity contribution in [3.63, 3.8) is 0 Å². The van der Waals surface area contributed by atoms with Crippen molar-refractivity contribution < 1.29 is 24.1 Å². The lowest BCUT2D eigenvalue weighted by Gasteiger charge is -2.30. The zero-order chi connectivity index (χ0) is 13.4. The van der Waals surface area contributed by atoms with Gasteiger partial charge in [-0.3, -0.25) is 0 Å². The smallest absolute Gasteiger partial charge is 0.128 e. The van der Waals surface area contributed by atoms with Crippen molar-refractivity contribution in [1.82, 2.24) is 0 Å². The van der Waals surface area contributed by atoms with E-state index in [4.69, 9.17) is 18.9 Å². The molecule has 1 N–H and O–H groups in total. The van der Waals surface area contributed by atoms with Crippen LogP contribution in [0, 0.1) is 0 Å². The van der Waals surface area contributed by atoms with Gasteiger partial charge in [-0.25, -0.2) is 0 Å². The Labute approximate surface area is 112 Å². The quantitative estimate of drug-likeness (QED) is 0.820. The summed E-state index contributed by atoms with van der Waals surface area (Å²) in [6, 6.07) is 3.68. The lowest BCUT2D eigenvalue weighted by molar-refractivity contribution is -0.0549. The topological polar surface area (TPSA) is 60.5 Å². The Morgan fingerprint density at radius 3 is 2.16 bits per heavy atom. The second kappa shape index (κ2) is 5.00. The van der Waals surface area contributed by atoms with E-state index in [2.05, 4.69) is 0 Å². The van der Waals surface area contributed by atoms with Crippen molar-refractivity contribution in [1.29, 1.82) is 0 Å². The summed E-state index contributed by atoms with van der Waals surface area (Å²) in [5, 5.41) is 10.1. The van der Waals surface area contributed by atoms with E-state index < -0.39 is 6.10 Å². The minimum absolute atomic E-state index is 0.0215. The number of methoxy groups -OCH3 is 2. The molecule has 2 aliphatic rings. The largest absolute Gasteiger partial charge is 0.496 e. The van der Waals surface area contributed by atoms with Gasteiger partial charge in [-0.1, -0.05) is 0 Å². The lowest BCUT2D eigenvalue weighted by Crippen LogP contribution is -2.20. The number of hydrogen-bond acceptors (Lipinski definition) is 5. The summed E-state index contributed by atoms with van der Waals surface area (Å²) in [5.74, 6) is 1.39. The van der Waals surface area contributed by atoms with Crippen molar-refractivity contribution in [3.8, 4) is 11.5 Å². The molecule has 0 amide bonds. The molecule has 0 aromatic heterocycles. The Morgan fingerprint density at radius 2 is 1.79 bits per heavy atom. The molecule has 19 heavy (non-hydrogen) atoms. The molecule has 2 fully saturated rings. The molecule has 1 aromatic rings. The molecular weight excluding hydrogens is 248 g/mol. The van der Waals surface area contributed by atoms with Gasteiger partial charge in [0.05, 0.1) is 39.1 Å². The number of aliphatic hydroxyl groups excluding tert-OH is 1. The maximum Gasteiger partial charge on any atom is 0.128 e. The van der Waals surface area contributed by atoms with E-state index in [-0.39, 0.29) is 12.2 Å². The maximum atomic E-state index is 10.1. The summed E-state index contributed by atoms with van der Waals surface area (Å²) in [6.45, 7) is 1.36. The van der Waals surface area contributed by atoms with Crippen molar-refractivity contribution in [2.45, 2.75) is 24.7 Å². The highest BCUT2D eigenvalue weighted by molar-refractivity contribution is 5.50. The summed E-state index contributed by atoms with van der Waals surface area (Å²) in [5.41, 5.74) is 1.67. The van der Waals surface area contributed by atoms with Crippen molar-refractivity contribution in [2.24, 2.45) is 0 Å². The highest BCUT2D eigenvalue weighted by Crippen LogP contribution is 2.44. The molecule has 3 rings (SSSR count). The third-order valence-corrected chi connectivity index (χ3v) is 3.64. The number of rotatable bonds is 5. The monoisotopic (exact) mass is 266 g/mol. The van der Waals surface area contributed by atoms with Crippen LogP contribution in [-0.4, -0.2) is 38.6 Å². The molecule has 0 aliphatic carbocycles. The van der Waals surface area contributed by atoms with Gasteiger partial charge in [-0.15, -0.1) is 0 Å². The second-order valence-corrected chi connectivity index (χ2v) is 4.80. The van der Waals surface area contributed by atoms with Gasteiger partial charge in [0.2, 0.25) is 0 Å². The fourth-order valence-corrected chi connectivity index (χ4v) is 2.36. The van der Waals surface area contributed by atoms with Crippen molar-refractivity contribution in [2.75, 3.05) is 27.4 Å². The molecule has 104 valence electrons. The van der Waals surface area contributed by atoms with E-state index in [0.717, 1.165) is 24.2 Å². The first-order valence-electron chi connectivity index (χ1n) is 6.41.